The Morgan fingerprint density at radius 1 is 1.27 bits per heavy atom. The molecular formula is C9H20N4O2. The maximum absolute atomic E-state index is 11.1. The minimum atomic E-state index is -0.148. The molecule has 1 amide bonds. The molecule has 88 valence electrons. The van der Waals surface area contributed by atoms with Gasteiger partial charge in [-0.15, -0.1) is 0 Å². The summed E-state index contributed by atoms with van der Waals surface area (Å²) >= 11 is 0. The van der Waals surface area contributed by atoms with Crippen LogP contribution >= 0.6 is 0 Å². The van der Waals surface area contributed by atoms with Crippen molar-refractivity contribution in [3.63, 3.8) is 0 Å². The van der Waals surface area contributed by atoms with E-state index < -0.39 is 0 Å². The van der Waals surface area contributed by atoms with E-state index in [1.807, 2.05) is 0 Å². The van der Waals surface area contributed by atoms with Crippen LogP contribution in [0.25, 0.3) is 0 Å². The average molecular weight is 216 g/mol. The third kappa shape index (κ3) is 4.57. The SMILES string of the molecule is NNC(=O)CN1CCCN(CCO)CC1. The fraction of sp³-hybridized carbons (Fsp3) is 0.889. The van der Waals surface area contributed by atoms with Gasteiger partial charge in [0.2, 0.25) is 5.91 Å². The summed E-state index contributed by atoms with van der Waals surface area (Å²) < 4.78 is 0. The van der Waals surface area contributed by atoms with Crippen molar-refractivity contribution in [3.8, 4) is 0 Å². The second kappa shape index (κ2) is 6.73. The molecule has 0 saturated carbocycles. The number of aliphatic hydroxyl groups excluding tert-OH is 1. The monoisotopic (exact) mass is 216 g/mol. The summed E-state index contributed by atoms with van der Waals surface area (Å²) in [6.45, 7) is 4.94. The van der Waals surface area contributed by atoms with Crippen LogP contribution in [0, 0.1) is 0 Å². The van der Waals surface area contributed by atoms with Crippen LogP contribution in [0.4, 0.5) is 0 Å². The van der Waals surface area contributed by atoms with Gasteiger partial charge < -0.3 is 5.11 Å². The number of amides is 1. The Balaban J connectivity index is 2.29. The number of nitrogens with zero attached hydrogens (tertiary/aromatic N) is 2. The molecule has 1 saturated heterocycles. The highest BCUT2D eigenvalue weighted by atomic mass is 16.3. The molecule has 0 aromatic carbocycles. The lowest BCUT2D eigenvalue weighted by Crippen LogP contribution is -2.41. The molecular weight excluding hydrogens is 196 g/mol. The van der Waals surface area contributed by atoms with Gasteiger partial charge in [-0.3, -0.25) is 20.0 Å². The molecule has 0 bridgehead atoms. The zero-order valence-electron chi connectivity index (χ0n) is 8.98. The highest BCUT2D eigenvalue weighted by molar-refractivity contribution is 5.77. The summed E-state index contributed by atoms with van der Waals surface area (Å²) in [5.41, 5.74) is 2.13. The van der Waals surface area contributed by atoms with Crippen molar-refractivity contribution in [3.05, 3.63) is 0 Å². The predicted molar refractivity (Wildman–Crippen MR) is 56.9 cm³/mol. The van der Waals surface area contributed by atoms with Gasteiger partial charge in [-0.2, -0.15) is 0 Å². The number of carbonyl (C=O) groups is 1. The van der Waals surface area contributed by atoms with Gasteiger partial charge in [0.25, 0.3) is 0 Å². The molecule has 1 aliphatic rings. The Bertz CT molecular complexity index is 201. The minimum Gasteiger partial charge on any atom is -0.395 e. The number of nitrogens with one attached hydrogen (secondary N) is 1. The Labute approximate surface area is 90.0 Å². The normalized spacial score (nSPS) is 19.9. The van der Waals surface area contributed by atoms with Crippen LogP contribution in [0.2, 0.25) is 0 Å². The number of hydrazine groups is 1. The summed E-state index contributed by atoms with van der Waals surface area (Å²) in [5, 5.41) is 8.82. The van der Waals surface area contributed by atoms with Crippen LogP contribution < -0.4 is 11.3 Å². The molecule has 1 fully saturated rings. The zero-order valence-corrected chi connectivity index (χ0v) is 8.98. The summed E-state index contributed by atoms with van der Waals surface area (Å²) in [7, 11) is 0. The van der Waals surface area contributed by atoms with E-state index in [0.29, 0.717) is 6.54 Å². The third-order valence-corrected chi connectivity index (χ3v) is 2.63. The maximum Gasteiger partial charge on any atom is 0.248 e. The molecule has 0 spiro atoms. The highest BCUT2D eigenvalue weighted by Crippen LogP contribution is 2.01. The molecule has 0 atom stereocenters. The molecule has 4 N–H and O–H groups in total. The quantitative estimate of drug-likeness (QED) is 0.287. The molecule has 1 rings (SSSR count). The Morgan fingerprint density at radius 3 is 2.60 bits per heavy atom. The highest BCUT2D eigenvalue weighted by Gasteiger charge is 2.15. The van der Waals surface area contributed by atoms with Crippen LogP contribution in [0.5, 0.6) is 0 Å². The van der Waals surface area contributed by atoms with Crippen LogP contribution in [0.1, 0.15) is 6.42 Å². The lowest BCUT2D eigenvalue weighted by atomic mass is 10.4. The first-order valence-electron chi connectivity index (χ1n) is 5.31. The van der Waals surface area contributed by atoms with Crippen molar-refractivity contribution in [1.82, 2.24) is 15.2 Å². The summed E-state index contributed by atoms with van der Waals surface area (Å²) in [4.78, 5) is 15.4. The van der Waals surface area contributed by atoms with Crippen LogP contribution in [0.15, 0.2) is 0 Å². The Hall–Kier alpha value is -0.690. The molecule has 0 radical (unpaired) electrons. The standard InChI is InChI=1S/C9H20N4O2/c10-11-9(15)8-13-3-1-2-12(4-5-13)6-7-14/h14H,1-8,10H2,(H,11,15). The van der Waals surface area contributed by atoms with Gasteiger partial charge >= 0.3 is 0 Å². The second-order valence-electron chi connectivity index (χ2n) is 3.76. The van der Waals surface area contributed by atoms with E-state index in [1.54, 1.807) is 0 Å². The fourth-order valence-corrected chi connectivity index (χ4v) is 1.80. The van der Waals surface area contributed by atoms with Crippen LogP contribution in [-0.2, 0) is 4.79 Å². The molecule has 1 aliphatic heterocycles. The van der Waals surface area contributed by atoms with Crippen molar-refractivity contribution in [2.24, 2.45) is 5.84 Å². The van der Waals surface area contributed by atoms with E-state index in [9.17, 15) is 4.79 Å². The first-order valence-corrected chi connectivity index (χ1v) is 5.31. The van der Waals surface area contributed by atoms with E-state index in [-0.39, 0.29) is 12.5 Å². The Kier molecular flexibility index (Phi) is 5.56. The molecule has 0 unspecified atom stereocenters. The molecule has 1 heterocycles. The van der Waals surface area contributed by atoms with Crippen LogP contribution in [0.3, 0.4) is 0 Å². The number of hydrogen-bond acceptors (Lipinski definition) is 5. The van der Waals surface area contributed by atoms with Crippen molar-refractivity contribution in [2.45, 2.75) is 6.42 Å². The van der Waals surface area contributed by atoms with Gasteiger partial charge in [0.1, 0.15) is 0 Å². The number of rotatable bonds is 4. The molecule has 6 nitrogen and oxygen atoms in total. The zero-order chi connectivity index (χ0) is 11.1. The molecule has 0 aliphatic carbocycles. The van der Waals surface area contributed by atoms with E-state index in [0.717, 1.165) is 39.1 Å². The molecule has 15 heavy (non-hydrogen) atoms. The van der Waals surface area contributed by atoms with Crippen molar-refractivity contribution < 1.29 is 9.90 Å². The lowest BCUT2D eigenvalue weighted by Gasteiger charge is -2.20. The number of carbonyl (C=O) groups excluding carboxylic acids is 1. The van der Waals surface area contributed by atoms with E-state index in [2.05, 4.69) is 15.2 Å². The van der Waals surface area contributed by atoms with E-state index in [1.165, 1.54) is 0 Å². The van der Waals surface area contributed by atoms with Crippen molar-refractivity contribution in [2.75, 3.05) is 45.9 Å². The molecule has 6 heteroatoms. The van der Waals surface area contributed by atoms with Gasteiger partial charge in [0, 0.05) is 19.6 Å². The van der Waals surface area contributed by atoms with Gasteiger partial charge in [-0.1, -0.05) is 0 Å². The van der Waals surface area contributed by atoms with E-state index in [4.69, 9.17) is 10.9 Å². The van der Waals surface area contributed by atoms with Crippen molar-refractivity contribution >= 4 is 5.91 Å². The van der Waals surface area contributed by atoms with E-state index >= 15 is 0 Å². The van der Waals surface area contributed by atoms with Crippen molar-refractivity contribution in [1.29, 1.82) is 0 Å². The minimum absolute atomic E-state index is 0.148. The van der Waals surface area contributed by atoms with Gasteiger partial charge in [0.05, 0.1) is 13.2 Å². The summed E-state index contributed by atoms with van der Waals surface area (Å²) in [5.74, 6) is 4.89. The van der Waals surface area contributed by atoms with Gasteiger partial charge in [-0.25, -0.2) is 5.84 Å². The number of β-amino-alcohol motifs (C(OH)–C–C–N with tert-alkyl or cyclic N) is 1. The fourth-order valence-electron chi connectivity index (χ4n) is 1.80. The Morgan fingerprint density at radius 2 is 1.93 bits per heavy atom. The van der Waals surface area contributed by atoms with Crippen LogP contribution in [-0.4, -0.2) is 66.7 Å². The first kappa shape index (κ1) is 12.4. The second-order valence-corrected chi connectivity index (χ2v) is 3.76. The lowest BCUT2D eigenvalue weighted by molar-refractivity contribution is -0.122. The largest absolute Gasteiger partial charge is 0.395 e. The summed E-state index contributed by atoms with van der Waals surface area (Å²) in [6.07, 6.45) is 1.03. The topological polar surface area (TPSA) is 81.8 Å². The third-order valence-electron chi connectivity index (χ3n) is 2.63. The number of nitrogens with two attached hydrogens (primary N) is 1. The van der Waals surface area contributed by atoms with Gasteiger partial charge in [0.15, 0.2) is 0 Å². The summed E-state index contributed by atoms with van der Waals surface area (Å²) in [6, 6.07) is 0. The first-order chi connectivity index (χ1) is 7.26. The average Bonchev–Trinajstić information content (AvgIpc) is 2.45. The molecule has 0 aromatic rings. The predicted octanol–water partition coefficient (Wildman–Crippen LogP) is -2.02. The molecule has 0 aromatic heterocycles. The smallest absolute Gasteiger partial charge is 0.248 e. The maximum atomic E-state index is 11.1. The number of hydrogen-bond donors (Lipinski definition) is 3. The number of aliphatic hydroxyl groups is 1. The van der Waals surface area contributed by atoms with Gasteiger partial charge in [-0.05, 0) is 19.5 Å².